The predicted molar refractivity (Wildman–Crippen MR) is 96.1 cm³/mol. The van der Waals surface area contributed by atoms with Gasteiger partial charge in [-0.1, -0.05) is 46.3 Å². The average molecular weight is 388 g/mol. The maximum atomic E-state index is 12.9. The Hall–Kier alpha value is -1.98. The summed E-state index contributed by atoms with van der Waals surface area (Å²) < 4.78 is 0.867. The summed E-state index contributed by atoms with van der Waals surface area (Å²) in [5.41, 5.74) is -0.178. The van der Waals surface area contributed by atoms with Crippen molar-refractivity contribution in [2.75, 3.05) is 4.90 Å². The van der Waals surface area contributed by atoms with Gasteiger partial charge in [0.2, 0.25) is 0 Å². The van der Waals surface area contributed by atoms with E-state index in [-0.39, 0.29) is 18.2 Å². The van der Waals surface area contributed by atoms with E-state index in [1.807, 2.05) is 19.9 Å². The van der Waals surface area contributed by atoms with Gasteiger partial charge in [-0.2, -0.15) is 0 Å². The van der Waals surface area contributed by atoms with Gasteiger partial charge in [0, 0.05) is 21.6 Å². The van der Waals surface area contributed by atoms with Crippen LogP contribution in [0.2, 0.25) is 0 Å². The normalized spacial score (nSPS) is 19.7. The second-order valence-corrected chi connectivity index (χ2v) is 7.17. The first-order valence-corrected chi connectivity index (χ1v) is 8.58. The van der Waals surface area contributed by atoms with E-state index in [4.69, 9.17) is 0 Å². The van der Waals surface area contributed by atoms with E-state index in [0.29, 0.717) is 16.8 Å². The maximum Gasteiger partial charge on any atom is 0.264 e. The van der Waals surface area contributed by atoms with Crippen molar-refractivity contribution in [1.82, 2.24) is 0 Å². The molecule has 2 aromatic carbocycles. The lowest BCUT2D eigenvalue weighted by atomic mass is 9.88. The van der Waals surface area contributed by atoms with E-state index >= 15 is 0 Å². The number of benzene rings is 2. The summed E-state index contributed by atoms with van der Waals surface area (Å²) in [6.07, 6.45) is -0.270. The van der Waals surface area contributed by atoms with Gasteiger partial charge < -0.3 is 10.0 Å². The van der Waals surface area contributed by atoms with E-state index in [1.54, 1.807) is 47.4 Å². The van der Waals surface area contributed by atoms with Crippen LogP contribution in [-0.4, -0.2) is 22.8 Å². The molecule has 1 atom stereocenters. The minimum absolute atomic E-state index is 0.101. The number of amides is 1. The van der Waals surface area contributed by atoms with Gasteiger partial charge in [-0.05, 0) is 32.0 Å². The lowest BCUT2D eigenvalue weighted by Gasteiger charge is -2.25. The molecular weight excluding hydrogens is 370 g/mol. The molecule has 124 valence electrons. The molecule has 0 radical (unpaired) electrons. The molecule has 0 unspecified atom stereocenters. The number of aliphatic hydroxyl groups is 1. The Morgan fingerprint density at radius 2 is 1.79 bits per heavy atom. The van der Waals surface area contributed by atoms with Crippen molar-refractivity contribution in [1.29, 1.82) is 0 Å². The molecule has 24 heavy (non-hydrogen) atoms. The molecule has 0 fully saturated rings. The number of ketones is 1. The van der Waals surface area contributed by atoms with Gasteiger partial charge >= 0.3 is 0 Å². The number of fused-ring (bicyclic) bond motifs is 1. The molecule has 0 spiro atoms. The molecule has 0 aromatic heterocycles. The molecule has 1 aliphatic rings. The van der Waals surface area contributed by atoms with Crippen LogP contribution in [0.4, 0.5) is 5.69 Å². The first-order chi connectivity index (χ1) is 11.3. The third-order valence-electron chi connectivity index (χ3n) is 4.28. The zero-order valence-electron chi connectivity index (χ0n) is 13.5. The Morgan fingerprint density at radius 1 is 1.17 bits per heavy atom. The molecule has 0 bridgehead atoms. The van der Waals surface area contributed by atoms with Gasteiger partial charge in [-0.3, -0.25) is 9.59 Å². The van der Waals surface area contributed by atoms with Crippen LogP contribution >= 0.6 is 15.9 Å². The molecule has 0 aliphatic carbocycles. The number of nitrogens with zero attached hydrogens (tertiary/aromatic N) is 1. The Balaban J connectivity index is 1.98. The highest BCUT2D eigenvalue weighted by molar-refractivity contribution is 9.10. The summed E-state index contributed by atoms with van der Waals surface area (Å²) in [7, 11) is 0. The van der Waals surface area contributed by atoms with Crippen molar-refractivity contribution in [2.45, 2.75) is 31.9 Å². The molecule has 1 amide bonds. The second-order valence-electron chi connectivity index (χ2n) is 6.25. The van der Waals surface area contributed by atoms with E-state index in [2.05, 4.69) is 15.9 Å². The summed E-state index contributed by atoms with van der Waals surface area (Å²) in [5, 5.41) is 11.1. The van der Waals surface area contributed by atoms with Crippen molar-refractivity contribution in [3.63, 3.8) is 0 Å². The standard InChI is InChI=1S/C19H18BrNO3/c1-12(2)21-16-6-4-3-5-15(16)19(24,18(21)23)11-17(22)13-7-9-14(20)10-8-13/h3-10,12,24H,11H2,1-2H3/t19-/m1/s1. The highest BCUT2D eigenvalue weighted by Crippen LogP contribution is 2.43. The zero-order valence-corrected chi connectivity index (χ0v) is 15.1. The van der Waals surface area contributed by atoms with Crippen molar-refractivity contribution < 1.29 is 14.7 Å². The quantitative estimate of drug-likeness (QED) is 0.814. The minimum Gasteiger partial charge on any atom is -0.375 e. The van der Waals surface area contributed by atoms with Gasteiger partial charge in [0.05, 0.1) is 12.1 Å². The fourth-order valence-electron chi connectivity index (χ4n) is 3.11. The Morgan fingerprint density at radius 3 is 2.42 bits per heavy atom. The van der Waals surface area contributed by atoms with Crippen LogP contribution in [0.3, 0.4) is 0 Å². The smallest absolute Gasteiger partial charge is 0.264 e. The first kappa shape index (κ1) is 16.9. The fourth-order valence-corrected chi connectivity index (χ4v) is 3.38. The van der Waals surface area contributed by atoms with Gasteiger partial charge in [-0.25, -0.2) is 0 Å². The molecule has 0 saturated carbocycles. The number of hydrogen-bond acceptors (Lipinski definition) is 3. The van der Waals surface area contributed by atoms with Crippen LogP contribution in [0.5, 0.6) is 0 Å². The second kappa shape index (κ2) is 6.15. The van der Waals surface area contributed by atoms with E-state index in [9.17, 15) is 14.7 Å². The highest BCUT2D eigenvalue weighted by Gasteiger charge is 2.51. The molecular formula is C19H18BrNO3. The van der Waals surface area contributed by atoms with Crippen LogP contribution in [-0.2, 0) is 10.4 Å². The number of Topliss-reactive ketones (excluding diaryl/α,β-unsaturated/α-hetero) is 1. The monoisotopic (exact) mass is 387 g/mol. The number of para-hydroxylation sites is 1. The largest absolute Gasteiger partial charge is 0.375 e. The third kappa shape index (κ3) is 2.68. The van der Waals surface area contributed by atoms with Crippen LogP contribution in [0, 0.1) is 0 Å². The number of halogens is 1. The molecule has 5 heteroatoms. The number of rotatable bonds is 4. The Kier molecular flexibility index (Phi) is 4.32. The molecule has 2 aromatic rings. The fraction of sp³-hybridized carbons (Fsp3) is 0.263. The first-order valence-electron chi connectivity index (χ1n) is 7.79. The number of anilines is 1. The van der Waals surface area contributed by atoms with E-state index < -0.39 is 11.5 Å². The molecule has 1 aliphatic heterocycles. The van der Waals surface area contributed by atoms with Crippen LogP contribution in [0.25, 0.3) is 0 Å². The van der Waals surface area contributed by atoms with E-state index in [1.165, 1.54) is 0 Å². The zero-order chi connectivity index (χ0) is 17.5. The van der Waals surface area contributed by atoms with Crippen LogP contribution < -0.4 is 4.90 Å². The minimum atomic E-state index is -1.81. The van der Waals surface area contributed by atoms with Crippen molar-refractivity contribution in [3.05, 3.63) is 64.1 Å². The molecule has 0 saturated heterocycles. The average Bonchev–Trinajstić information content (AvgIpc) is 2.76. The number of hydrogen-bond donors (Lipinski definition) is 1. The van der Waals surface area contributed by atoms with Crippen LogP contribution in [0.15, 0.2) is 53.0 Å². The predicted octanol–water partition coefficient (Wildman–Crippen LogP) is 3.66. The highest BCUT2D eigenvalue weighted by atomic mass is 79.9. The van der Waals surface area contributed by atoms with Gasteiger partial charge in [0.25, 0.3) is 5.91 Å². The Bertz CT molecular complexity index is 801. The summed E-state index contributed by atoms with van der Waals surface area (Å²) in [5.74, 6) is -0.706. The molecule has 4 nitrogen and oxygen atoms in total. The molecule has 1 heterocycles. The summed E-state index contributed by atoms with van der Waals surface area (Å²) in [6, 6.07) is 13.9. The lowest BCUT2D eigenvalue weighted by molar-refractivity contribution is -0.136. The maximum absolute atomic E-state index is 12.9. The summed E-state index contributed by atoms with van der Waals surface area (Å²) >= 11 is 3.33. The van der Waals surface area contributed by atoms with Crippen molar-refractivity contribution >= 4 is 33.3 Å². The summed E-state index contributed by atoms with van der Waals surface area (Å²) in [4.78, 5) is 27.0. The molecule has 1 N–H and O–H groups in total. The summed E-state index contributed by atoms with van der Waals surface area (Å²) in [6.45, 7) is 3.77. The topological polar surface area (TPSA) is 57.6 Å². The van der Waals surface area contributed by atoms with Crippen molar-refractivity contribution in [2.24, 2.45) is 0 Å². The number of carbonyl (C=O) groups excluding carboxylic acids is 2. The SMILES string of the molecule is CC(C)N1C(=O)[C@@](O)(CC(=O)c2ccc(Br)cc2)c2ccccc21. The molecule has 3 rings (SSSR count). The Labute approximate surface area is 149 Å². The lowest BCUT2D eigenvalue weighted by Crippen LogP contribution is -2.44. The van der Waals surface area contributed by atoms with E-state index in [0.717, 1.165) is 4.47 Å². The van der Waals surface area contributed by atoms with Gasteiger partial charge in [-0.15, -0.1) is 0 Å². The number of carbonyl (C=O) groups is 2. The van der Waals surface area contributed by atoms with Gasteiger partial charge in [0.1, 0.15) is 0 Å². The van der Waals surface area contributed by atoms with Crippen molar-refractivity contribution in [3.8, 4) is 0 Å². The van der Waals surface area contributed by atoms with Crippen LogP contribution in [0.1, 0.15) is 36.2 Å². The third-order valence-corrected chi connectivity index (χ3v) is 4.81. The van der Waals surface area contributed by atoms with Gasteiger partial charge in [0.15, 0.2) is 11.4 Å².